The van der Waals surface area contributed by atoms with E-state index in [1.807, 2.05) is 35.3 Å². The molecule has 27 heavy (non-hydrogen) atoms. The Kier molecular flexibility index (Phi) is 5.01. The monoisotopic (exact) mass is 358 g/mol. The first-order chi connectivity index (χ1) is 13.3. The van der Waals surface area contributed by atoms with Gasteiger partial charge in [-0.15, -0.1) is 0 Å². The Bertz CT molecular complexity index is 1020. The summed E-state index contributed by atoms with van der Waals surface area (Å²) >= 11 is 0. The number of nitrogens with one attached hydrogen (secondary N) is 2. The summed E-state index contributed by atoms with van der Waals surface area (Å²) in [5.41, 5.74) is 4.58. The van der Waals surface area contributed by atoms with Gasteiger partial charge in [-0.2, -0.15) is 5.10 Å². The highest BCUT2D eigenvalue weighted by molar-refractivity contribution is 5.84. The van der Waals surface area contributed by atoms with E-state index in [2.05, 4.69) is 51.8 Å². The van der Waals surface area contributed by atoms with E-state index in [1.165, 1.54) is 16.5 Å². The molecule has 0 spiro atoms. The molecular formula is C22H22N4O. The highest BCUT2D eigenvalue weighted by atomic mass is 16.1. The third-order valence-corrected chi connectivity index (χ3v) is 4.71. The molecule has 2 heterocycles. The number of H-pyrrole nitrogens is 1. The van der Waals surface area contributed by atoms with Crippen LogP contribution in [0.5, 0.6) is 0 Å². The van der Waals surface area contributed by atoms with Crippen LogP contribution in [-0.2, 0) is 24.3 Å². The predicted molar refractivity (Wildman–Crippen MR) is 106 cm³/mol. The quantitative estimate of drug-likeness (QED) is 0.530. The number of aryl methyl sites for hydroxylation is 1. The molecule has 1 amide bonds. The van der Waals surface area contributed by atoms with Crippen molar-refractivity contribution in [3.63, 3.8) is 0 Å². The van der Waals surface area contributed by atoms with E-state index in [9.17, 15) is 4.79 Å². The van der Waals surface area contributed by atoms with Gasteiger partial charge in [0, 0.05) is 42.5 Å². The predicted octanol–water partition coefficient (Wildman–Crippen LogP) is 3.66. The molecule has 0 radical (unpaired) electrons. The molecule has 2 aromatic carbocycles. The number of hydrogen-bond donors (Lipinski definition) is 2. The molecule has 5 heteroatoms. The lowest BCUT2D eigenvalue weighted by Crippen LogP contribution is -2.22. The molecule has 0 saturated carbocycles. The Morgan fingerprint density at radius 3 is 2.67 bits per heavy atom. The molecule has 0 saturated heterocycles. The normalized spacial score (nSPS) is 11.0. The maximum Gasteiger partial charge on any atom is 0.220 e. The average molecular weight is 358 g/mol. The van der Waals surface area contributed by atoms with Gasteiger partial charge in [-0.1, -0.05) is 42.5 Å². The number of rotatable bonds is 7. The molecule has 0 fully saturated rings. The fraction of sp³-hybridized carbons (Fsp3) is 0.182. The van der Waals surface area contributed by atoms with Crippen LogP contribution in [0.1, 0.15) is 23.1 Å². The van der Waals surface area contributed by atoms with Crippen molar-refractivity contribution in [3.05, 3.63) is 89.9 Å². The van der Waals surface area contributed by atoms with Gasteiger partial charge in [-0.05, 0) is 35.2 Å². The molecule has 0 unspecified atom stereocenters. The number of carbonyl (C=O) groups is 1. The molecule has 136 valence electrons. The van der Waals surface area contributed by atoms with Crippen molar-refractivity contribution < 1.29 is 4.79 Å². The standard InChI is InChI=1S/C22H22N4O/c27-22(11-10-19-15-23-21-5-2-1-4-20(19)21)24-14-17-6-8-18(9-7-17)16-26-13-3-12-25-26/h1-9,12-13,15,23H,10-11,14,16H2,(H,24,27). The second-order valence-electron chi connectivity index (χ2n) is 6.66. The zero-order chi connectivity index (χ0) is 18.5. The Hall–Kier alpha value is -3.34. The van der Waals surface area contributed by atoms with Gasteiger partial charge in [0.25, 0.3) is 0 Å². The first kappa shape index (κ1) is 17.1. The zero-order valence-corrected chi connectivity index (χ0v) is 15.1. The van der Waals surface area contributed by atoms with Gasteiger partial charge in [-0.3, -0.25) is 9.48 Å². The second-order valence-corrected chi connectivity index (χ2v) is 6.66. The zero-order valence-electron chi connectivity index (χ0n) is 15.1. The van der Waals surface area contributed by atoms with Crippen LogP contribution in [0.3, 0.4) is 0 Å². The van der Waals surface area contributed by atoms with Crippen molar-refractivity contribution in [3.8, 4) is 0 Å². The van der Waals surface area contributed by atoms with Crippen LogP contribution < -0.4 is 5.32 Å². The number of fused-ring (bicyclic) bond motifs is 1. The van der Waals surface area contributed by atoms with Gasteiger partial charge >= 0.3 is 0 Å². The van der Waals surface area contributed by atoms with Crippen LogP contribution in [0.25, 0.3) is 10.9 Å². The number of para-hydroxylation sites is 1. The number of aromatic nitrogens is 3. The minimum Gasteiger partial charge on any atom is -0.361 e. The third kappa shape index (κ3) is 4.26. The Balaban J connectivity index is 1.26. The van der Waals surface area contributed by atoms with Crippen molar-refractivity contribution in [1.82, 2.24) is 20.1 Å². The fourth-order valence-electron chi connectivity index (χ4n) is 3.22. The highest BCUT2D eigenvalue weighted by Crippen LogP contribution is 2.18. The van der Waals surface area contributed by atoms with Crippen LogP contribution in [-0.4, -0.2) is 20.7 Å². The maximum atomic E-state index is 12.2. The number of hydrogen-bond acceptors (Lipinski definition) is 2. The van der Waals surface area contributed by atoms with Gasteiger partial charge in [0.15, 0.2) is 0 Å². The Morgan fingerprint density at radius 2 is 1.85 bits per heavy atom. The molecule has 0 aliphatic heterocycles. The van der Waals surface area contributed by atoms with Gasteiger partial charge in [-0.25, -0.2) is 0 Å². The van der Waals surface area contributed by atoms with Crippen LogP contribution in [0.15, 0.2) is 73.2 Å². The van der Waals surface area contributed by atoms with E-state index < -0.39 is 0 Å². The summed E-state index contributed by atoms with van der Waals surface area (Å²) in [6, 6.07) is 18.4. The molecule has 2 N–H and O–H groups in total. The Labute approximate surface area is 158 Å². The van der Waals surface area contributed by atoms with Crippen molar-refractivity contribution in [1.29, 1.82) is 0 Å². The average Bonchev–Trinajstić information content (AvgIpc) is 3.35. The summed E-state index contributed by atoms with van der Waals surface area (Å²) in [5, 5.41) is 8.41. The summed E-state index contributed by atoms with van der Waals surface area (Å²) in [6.07, 6.45) is 6.94. The molecule has 5 nitrogen and oxygen atoms in total. The summed E-state index contributed by atoms with van der Waals surface area (Å²) in [6.45, 7) is 1.30. The van der Waals surface area contributed by atoms with Crippen LogP contribution >= 0.6 is 0 Å². The van der Waals surface area contributed by atoms with Gasteiger partial charge in [0.2, 0.25) is 5.91 Å². The van der Waals surface area contributed by atoms with E-state index in [-0.39, 0.29) is 5.91 Å². The lowest BCUT2D eigenvalue weighted by atomic mass is 10.1. The van der Waals surface area contributed by atoms with Gasteiger partial charge in [0.05, 0.1) is 6.54 Å². The van der Waals surface area contributed by atoms with E-state index >= 15 is 0 Å². The molecule has 0 aliphatic carbocycles. The van der Waals surface area contributed by atoms with Crippen LogP contribution in [0.2, 0.25) is 0 Å². The summed E-state index contributed by atoms with van der Waals surface area (Å²) < 4.78 is 1.89. The molecule has 4 rings (SSSR count). The summed E-state index contributed by atoms with van der Waals surface area (Å²) in [7, 11) is 0. The third-order valence-electron chi connectivity index (χ3n) is 4.71. The SMILES string of the molecule is O=C(CCc1c[nH]c2ccccc12)NCc1ccc(Cn2cccn2)cc1. The van der Waals surface area contributed by atoms with E-state index in [1.54, 1.807) is 6.20 Å². The number of amides is 1. The Morgan fingerprint density at radius 1 is 1.04 bits per heavy atom. The fourth-order valence-corrected chi connectivity index (χ4v) is 3.22. The summed E-state index contributed by atoms with van der Waals surface area (Å²) in [4.78, 5) is 15.4. The number of nitrogens with zero attached hydrogens (tertiary/aromatic N) is 2. The van der Waals surface area contributed by atoms with Crippen molar-refractivity contribution >= 4 is 16.8 Å². The van der Waals surface area contributed by atoms with Crippen LogP contribution in [0, 0.1) is 0 Å². The maximum absolute atomic E-state index is 12.2. The molecule has 2 aromatic heterocycles. The van der Waals surface area contributed by atoms with Crippen molar-refractivity contribution in [2.24, 2.45) is 0 Å². The van der Waals surface area contributed by atoms with Crippen molar-refractivity contribution in [2.75, 3.05) is 0 Å². The lowest BCUT2D eigenvalue weighted by molar-refractivity contribution is -0.121. The molecular weight excluding hydrogens is 336 g/mol. The lowest BCUT2D eigenvalue weighted by Gasteiger charge is -2.07. The molecule has 0 bridgehead atoms. The van der Waals surface area contributed by atoms with Crippen LogP contribution in [0.4, 0.5) is 0 Å². The largest absolute Gasteiger partial charge is 0.361 e. The molecule has 4 aromatic rings. The minimum absolute atomic E-state index is 0.0703. The molecule has 0 aliphatic rings. The number of carbonyl (C=O) groups excluding carboxylic acids is 1. The van der Waals surface area contributed by atoms with E-state index in [0.717, 1.165) is 24.0 Å². The minimum atomic E-state index is 0.0703. The first-order valence-corrected chi connectivity index (χ1v) is 9.15. The van der Waals surface area contributed by atoms with E-state index in [4.69, 9.17) is 0 Å². The smallest absolute Gasteiger partial charge is 0.220 e. The van der Waals surface area contributed by atoms with E-state index in [0.29, 0.717) is 13.0 Å². The second kappa shape index (κ2) is 7.91. The topological polar surface area (TPSA) is 62.7 Å². The number of benzene rings is 2. The molecule has 0 atom stereocenters. The summed E-state index contributed by atoms with van der Waals surface area (Å²) in [5.74, 6) is 0.0703. The first-order valence-electron chi connectivity index (χ1n) is 9.15. The number of aromatic amines is 1. The van der Waals surface area contributed by atoms with Gasteiger partial charge < -0.3 is 10.3 Å². The highest BCUT2D eigenvalue weighted by Gasteiger charge is 2.07. The van der Waals surface area contributed by atoms with Crippen molar-refractivity contribution in [2.45, 2.75) is 25.9 Å². The van der Waals surface area contributed by atoms with Gasteiger partial charge in [0.1, 0.15) is 0 Å².